The number of hydrogen-bond donors (Lipinski definition) is 2. The van der Waals surface area contributed by atoms with Crippen molar-refractivity contribution in [3.05, 3.63) is 11.6 Å². The molecule has 0 bridgehead atoms. The molecule has 1 saturated heterocycles. The number of rotatable bonds is 2. The Balaban J connectivity index is 2.70. The van der Waals surface area contributed by atoms with Crippen LogP contribution in [0, 0.1) is 5.41 Å². The second-order valence-corrected chi connectivity index (χ2v) is 4.09. The molecule has 1 fully saturated rings. The normalized spacial score (nSPS) is 29.8. The number of allylic oxidation sites excluding steroid dienone is 1. The van der Waals surface area contributed by atoms with Gasteiger partial charge >= 0.3 is 6.03 Å². The van der Waals surface area contributed by atoms with E-state index in [1.54, 1.807) is 0 Å². The molecule has 17 heavy (non-hydrogen) atoms. The fraction of sp³-hybridized carbons (Fsp3) is 0.583. The zero-order chi connectivity index (χ0) is 16.8. The van der Waals surface area contributed by atoms with Crippen molar-refractivity contribution >= 4 is 17.8 Å². The van der Waals surface area contributed by atoms with Crippen molar-refractivity contribution in [3.63, 3.8) is 0 Å². The van der Waals surface area contributed by atoms with Crippen molar-refractivity contribution in [1.29, 1.82) is 0 Å². The van der Waals surface area contributed by atoms with Crippen LogP contribution >= 0.6 is 0 Å². The molecule has 0 aromatic carbocycles. The Bertz CT molecular complexity index is 548. The lowest BCUT2D eigenvalue weighted by Gasteiger charge is -2.36. The second-order valence-electron chi connectivity index (χ2n) is 4.09. The first-order valence-corrected chi connectivity index (χ1v) is 5.41. The highest BCUT2D eigenvalue weighted by Gasteiger charge is 2.51. The van der Waals surface area contributed by atoms with Crippen molar-refractivity contribution in [2.24, 2.45) is 5.41 Å². The molecule has 2 N–H and O–H groups in total. The Hall–Kier alpha value is -1.65. The Kier molecular flexibility index (Phi) is 1.76. The number of hydrogen-bond acceptors (Lipinski definition) is 3. The highest BCUT2D eigenvalue weighted by atomic mass is 16.2. The van der Waals surface area contributed by atoms with Gasteiger partial charge in [-0.15, -0.1) is 0 Å². The molecule has 0 spiro atoms. The summed E-state index contributed by atoms with van der Waals surface area (Å²) in [6.07, 6.45) is 0.533. The molecule has 2 rings (SSSR count). The maximum Gasteiger partial charge on any atom is 0.328 e. The molecule has 1 aliphatic heterocycles. The monoisotopic (exact) mass is 241 g/mol. The Morgan fingerprint density at radius 3 is 2.59 bits per heavy atom. The van der Waals surface area contributed by atoms with Crippen molar-refractivity contribution in [3.8, 4) is 0 Å². The molecular weight excluding hydrogens is 220 g/mol. The van der Waals surface area contributed by atoms with Crippen LogP contribution in [0.1, 0.15) is 45.8 Å². The summed E-state index contributed by atoms with van der Waals surface area (Å²) < 4.78 is 38.3. The summed E-state index contributed by atoms with van der Waals surface area (Å²) in [5, 5.41) is 3.67. The lowest BCUT2D eigenvalue weighted by atomic mass is 9.71. The number of urea groups is 1. The van der Waals surface area contributed by atoms with Crippen LogP contribution in [-0.2, 0) is 9.59 Å². The molecule has 0 saturated carbocycles. The third kappa shape index (κ3) is 1.75. The van der Waals surface area contributed by atoms with E-state index >= 15 is 0 Å². The summed E-state index contributed by atoms with van der Waals surface area (Å²) in [6.45, 7) is -3.22. The number of amides is 4. The fourth-order valence-corrected chi connectivity index (χ4v) is 2.19. The first-order valence-electron chi connectivity index (χ1n) is 7.91. The Morgan fingerprint density at radius 2 is 2.06 bits per heavy atom. The number of carbonyl (C=O) groups excluding carboxylic acids is 3. The highest BCUT2D eigenvalue weighted by molar-refractivity contribution is 6.21. The molecule has 0 radical (unpaired) electrons. The molecule has 0 aromatic heterocycles. The van der Waals surface area contributed by atoms with Gasteiger partial charge in [-0.05, 0) is 37.6 Å². The van der Waals surface area contributed by atoms with Gasteiger partial charge in [-0.3, -0.25) is 20.2 Å². The topological polar surface area (TPSA) is 75.3 Å². The Morgan fingerprint density at radius 1 is 1.35 bits per heavy atom. The molecule has 5 heteroatoms. The molecule has 92 valence electrons. The maximum absolute atomic E-state index is 12.4. The van der Waals surface area contributed by atoms with E-state index in [0.717, 1.165) is 6.42 Å². The predicted octanol–water partition coefficient (Wildman–Crippen LogP) is 1.25. The van der Waals surface area contributed by atoms with E-state index in [1.807, 2.05) is 10.6 Å². The third-order valence-electron chi connectivity index (χ3n) is 3.10. The zero-order valence-electron chi connectivity index (χ0n) is 14.1. The van der Waals surface area contributed by atoms with E-state index in [-0.39, 0.29) is 12.0 Å². The van der Waals surface area contributed by atoms with Crippen LogP contribution in [0.15, 0.2) is 11.6 Å². The van der Waals surface area contributed by atoms with Crippen LogP contribution in [-0.4, -0.2) is 17.8 Å². The van der Waals surface area contributed by atoms with E-state index in [4.69, 9.17) is 6.85 Å². The molecule has 4 amide bonds. The van der Waals surface area contributed by atoms with Crippen LogP contribution in [0.5, 0.6) is 0 Å². The number of carbonyl (C=O) groups is 3. The summed E-state index contributed by atoms with van der Waals surface area (Å²) in [7, 11) is 0. The van der Waals surface area contributed by atoms with E-state index in [1.165, 1.54) is 6.08 Å². The molecule has 0 unspecified atom stereocenters. The summed E-state index contributed by atoms with van der Waals surface area (Å²) in [4.78, 5) is 36.1. The SMILES string of the molecule is [2H]C([2H])([2H])C([2H])([2H])C1(C2=CCCCC2)C(=O)NC(=O)NC1=O. The van der Waals surface area contributed by atoms with Gasteiger partial charge < -0.3 is 0 Å². The first-order chi connectivity index (χ1) is 10.0. The van der Waals surface area contributed by atoms with Crippen LogP contribution in [0.2, 0.25) is 0 Å². The summed E-state index contributed by atoms with van der Waals surface area (Å²) in [5.74, 6) is -2.45. The van der Waals surface area contributed by atoms with Crippen molar-refractivity contribution in [1.82, 2.24) is 10.6 Å². The minimum absolute atomic E-state index is 0.113. The summed E-state index contributed by atoms with van der Waals surface area (Å²) in [6, 6.07) is -1.08. The molecular formula is C12H16N2O3. The lowest BCUT2D eigenvalue weighted by molar-refractivity contribution is -0.142. The molecule has 2 aliphatic rings. The van der Waals surface area contributed by atoms with Gasteiger partial charge in [0.05, 0.1) is 0 Å². The third-order valence-corrected chi connectivity index (χ3v) is 3.10. The molecule has 0 atom stereocenters. The smallest absolute Gasteiger partial charge is 0.277 e. The lowest BCUT2D eigenvalue weighted by Crippen LogP contribution is -2.63. The highest BCUT2D eigenvalue weighted by Crippen LogP contribution is 2.39. The quantitative estimate of drug-likeness (QED) is 0.564. The largest absolute Gasteiger partial charge is 0.328 e. The van der Waals surface area contributed by atoms with Gasteiger partial charge in [-0.2, -0.15) is 0 Å². The zero-order valence-corrected chi connectivity index (χ0v) is 9.13. The number of imide groups is 2. The van der Waals surface area contributed by atoms with E-state index < -0.39 is 36.5 Å². The van der Waals surface area contributed by atoms with Crippen molar-refractivity contribution in [2.45, 2.75) is 38.9 Å². The van der Waals surface area contributed by atoms with Gasteiger partial charge in [0.2, 0.25) is 11.8 Å². The van der Waals surface area contributed by atoms with E-state index in [0.29, 0.717) is 12.8 Å². The second kappa shape index (κ2) is 4.31. The molecule has 5 nitrogen and oxygen atoms in total. The van der Waals surface area contributed by atoms with Crippen LogP contribution in [0.4, 0.5) is 4.79 Å². The van der Waals surface area contributed by atoms with Crippen molar-refractivity contribution in [2.75, 3.05) is 0 Å². The molecule has 1 aliphatic carbocycles. The summed E-state index contributed by atoms with van der Waals surface area (Å²) in [5.41, 5.74) is -2.45. The van der Waals surface area contributed by atoms with Gasteiger partial charge in [0, 0.05) is 6.85 Å². The predicted molar refractivity (Wildman–Crippen MR) is 61.0 cm³/mol. The minimum atomic E-state index is -3.22. The first kappa shape index (κ1) is 6.93. The maximum atomic E-state index is 12.4. The van der Waals surface area contributed by atoms with Gasteiger partial charge in [-0.1, -0.05) is 12.9 Å². The number of barbiturate groups is 1. The van der Waals surface area contributed by atoms with Gasteiger partial charge in [0.25, 0.3) is 0 Å². The average Bonchev–Trinajstić information content (AvgIpc) is 2.37. The average molecular weight is 241 g/mol. The molecule has 0 aromatic rings. The van der Waals surface area contributed by atoms with Crippen molar-refractivity contribution < 1.29 is 21.2 Å². The van der Waals surface area contributed by atoms with Gasteiger partial charge in [0.1, 0.15) is 5.41 Å². The Labute approximate surface area is 107 Å². The number of nitrogens with one attached hydrogen (secondary N) is 2. The van der Waals surface area contributed by atoms with E-state index in [2.05, 4.69) is 0 Å². The van der Waals surface area contributed by atoms with E-state index in [9.17, 15) is 14.4 Å². The minimum Gasteiger partial charge on any atom is -0.277 e. The van der Waals surface area contributed by atoms with Gasteiger partial charge in [-0.25, -0.2) is 4.79 Å². The standard InChI is InChI=1S/C12H16N2O3/c1-2-12(8-6-4-3-5-7-8)9(15)13-11(17)14-10(12)16/h6H,2-5,7H2,1H3,(H2,13,14,15,16,17)/i1D3,2D2. The van der Waals surface area contributed by atoms with Crippen LogP contribution < -0.4 is 10.6 Å². The van der Waals surface area contributed by atoms with Gasteiger partial charge in [0.15, 0.2) is 0 Å². The fourth-order valence-electron chi connectivity index (χ4n) is 2.19. The van der Waals surface area contributed by atoms with Crippen LogP contribution in [0.3, 0.4) is 0 Å². The molecule has 1 heterocycles. The van der Waals surface area contributed by atoms with Crippen LogP contribution in [0.25, 0.3) is 0 Å². The summed E-state index contributed by atoms with van der Waals surface area (Å²) >= 11 is 0.